The molecule has 0 atom stereocenters. The minimum atomic E-state index is 0.332. The summed E-state index contributed by atoms with van der Waals surface area (Å²) in [6, 6.07) is 0. The molecule has 1 nitrogen and oxygen atoms in total. The maximum atomic E-state index is 8.48. The third-order valence-corrected chi connectivity index (χ3v) is 1.47. The number of allylic oxidation sites excluding steroid dienone is 4. The highest BCUT2D eigenvalue weighted by molar-refractivity contribution is 5.00. The monoisotopic (exact) mass is 154 g/mol. The molecule has 0 aromatic carbocycles. The predicted molar refractivity (Wildman–Crippen MR) is 49.5 cm³/mol. The van der Waals surface area contributed by atoms with Crippen LogP contribution in [0.3, 0.4) is 0 Å². The van der Waals surface area contributed by atoms with Gasteiger partial charge in [0, 0.05) is 6.61 Å². The predicted octanol–water partition coefficient (Wildman–Crippen LogP) is 2.67. The van der Waals surface area contributed by atoms with Gasteiger partial charge in [0.25, 0.3) is 0 Å². The topological polar surface area (TPSA) is 20.2 Å². The lowest BCUT2D eigenvalue weighted by Crippen LogP contribution is -1.81. The normalized spacial score (nSPS) is 11.8. The van der Waals surface area contributed by atoms with Gasteiger partial charge in [0.2, 0.25) is 0 Å². The van der Waals surface area contributed by atoms with Crippen molar-refractivity contribution in [3.63, 3.8) is 0 Å². The Balaban J connectivity index is 3.01. The summed E-state index contributed by atoms with van der Waals surface area (Å²) in [5.74, 6) is 0. The van der Waals surface area contributed by atoms with Gasteiger partial charge in [-0.15, -0.1) is 0 Å². The van der Waals surface area contributed by atoms with Gasteiger partial charge in [0.15, 0.2) is 0 Å². The van der Waals surface area contributed by atoms with Crippen LogP contribution >= 0.6 is 0 Å². The Morgan fingerprint density at radius 3 is 2.55 bits per heavy atom. The molecule has 0 unspecified atom stereocenters. The lowest BCUT2D eigenvalue weighted by Gasteiger charge is -1.92. The Morgan fingerprint density at radius 2 is 1.91 bits per heavy atom. The zero-order valence-corrected chi connectivity index (χ0v) is 7.29. The van der Waals surface area contributed by atoms with Gasteiger partial charge in [-0.1, -0.05) is 30.7 Å². The van der Waals surface area contributed by atoms with E-state index >= 15 is 0 Å². The number of unbranched alkanes of at least 4 members (excludes halogenated alkanes) is 3. The summed E-state index contributed by atoms with van der Waals surface area (Å²) in [7, 11) is 0. The minimum Gasteiger partial charge on any atom is -0.396 e. The van der Waals surface area contributed by atoms with Crippen molar-refractivity contribution in [3.05, 3.63) is 24.3 Å². The second kappa shape index (κ2) is 9.44. The quantitative estimate of drug-likeness (QED) is 0.460. The Bertz CT molecular complexity index is 114. The number of aliphatic hydroxyl groups is 1. The van der Waals surface area contributed by atoms with E-state index in [-0.39, 0.29) is 0 Å². The SMILES string of the molecule is C/C=C/C=C/CCCCCO. The van der Waals surface area contributed by atoms with Crippen molar-refractivity contribution < 1.29 is 5.11 Å². The molecular weight excluding hydrogens is 136 g/mol. The van der Waals surface area contributed by atoms with Crippen molar-refractivity contribution in [1.82, 2.24) is 0 Å². The number of aliphatic hydroxyl groups excluding tert-OH is 1. The van der Waals surface area contributed by atoms with Crippen LogP contribution in [0.4, 0.5) is 0 Å². The molecule has 11 heavy (non-hydrogen) atoms. The van der Waals surface area contributed by atoms with E-state index in [9.17, 15) is 0 Å². The van der Waals surface area contributed by atoms with Crippen LogP contribution in [0.25, 0.3) is 0 Å². The maximum Gasteiger partial charge on any atom is 0.0431 e. The smallest absolute Gasteiger partial charge is 0.0431 e. The Morgan fingerprint density at radius 1 is 1.09 bits per heavy atom. The molecule has 0 radical (unpaired) electrons. The van der Waals surface area contributed by atoms with E-state index in [2.05, 4.69) is 12.2 Å². The third-order valence-electron chi connectivity index (χ3n) is 1.47. The average molecular weight is 154 g/mol. The van der Waals surface area contributed by atoms with Crippen molar-refractivity contribution in [2.45, 2.75) is 32.6 Å². The molecule has 0 aliphatic rings. The lowest BCUT2D eigenvalue weighted by molar-refractivity contribution is 0.283. The largest absolute Gasteiger partial charge is 0.396 e. The first kappa shape index (κ1) is 10.4. The molecular formula is C10H18O. The minimum absolute atomic E-state index is 0.332. The van der Waals surface area contributed by atoms with Gasteiger partial charge >= 0.3 is 0 Å². The molecule has 0 aliphatic heterocycles. The fourth-order valence-electron chi connectivity index (χ4n) is 0.837. The summed E-state index contributed by atoms with van der Waals surface area (Å²) in [4.78, 5) is 0. The van der Waals surface area contributed by atoms with Crippen LogP contribution < -0.4 is 0 Å². The highest BCUT2D eigenvalue weighted by atomic mass is 16.2. The second-order valence-electron chi connectivity index (χ2n) is 2.53. The number of hydrogen-bond acceptors (Lipinski definition) is 1. The zero-order chi connectivity index (χ0) is 8.36. The molecule has 0 rings (SSSR count). The highest BCUT2D eigenvalue weighted by Crippen LogP contribution is 1.99. The van der Waals surface area contributed by atoms with Gasteiger partial charge in [-0.05, 0) is 26.2 Å². The Hall–Kier alpha value is -0.560. The molecule has 0 saturated carbocycles. The van der Waals surface area contributed by atoms with Gasteiger partial charge in [0.05, 0.1) is 0 Å². The fourth-order valence-corrected chi connectivity index (χ4v) is 0.837. The molecule has 0 bridgehead atoms. The third kappa shape index (κ3) is 9.44. The first-order valence-corrected chi connectivity index (χ1v) is 4.30. The van der Waals surface area contributed by atoms with Gasteiger partial charge < -0.3 is 5.11 Å². The molecule has 0 aromatic heterocycles. The summed E-state index contributed by atoms with van der Waals surface area (Å²) in [6.07, 6.45) is 12.7. The van der Waals surface area contributed by atoms with E-state index in [1.54, 1.807) is 0 Å². The molecule has 1 N–H and O–H groups in total. The molecule has 0 heterocycles. The molecule has 0 aliphatic carbocycles. The second-order valence-corrected chi connectivity index (χ2v) is 2.53. The number of hydrogen-bond donors (Lipinski definition) is 1. The van der Waals surface area contributed by atoms with Gasteiger partial charge in [-0.3, -0.25) is 0 Å². The van der Waals surface area contributed by atoms with Crippen LogP contribution in [0.15, 0.2) is 24.3 Å². The standard InChI is InChI=1S/C10H18O/c1-2-3-4-5-6-7-8-9-10-11/h2-5,11H,6-10H2,1H3/b3-2+,5-4+. The lowest BCUT2D eigenvalue weighted by atomic mass is 10.2. The first-order valence-electron chi connectivity index (χ1n) is 4.30. The summed E-state index contributed by atoms with van der Waals surface area (Å²) in [5.41, 5.74) is 0. The highest BCUT2D eigenvalue weighted by Gasteiger charge is 1.83. The van der Waals surface area contributed by atoms with Crippen LogP contribution in [-0.2, 0) is 0 Å². The summed E-state index contributed by atoms with van der Waals surface area (Å²) < 4.78 is 0. The Kier molecular flexibility index (Phi) is 8.96. The van der Waals surface area contributed by atoms with Gasteiger partial charge in [-0.2, -0.15) is 0 Å². The van der Waals surface area contributed by atoms with Crippen LogP contribution in [-0.4, -0.2) is 11.7 Å². The molecule has 0 amide bonds. The summed E-state index contributed by atoms with van der Waals surface area (Å²) >= 11 is 0. The van der Waals surface area contributed by atoms with E-state index in [0.29, 0.717) is 6.61 Å². The van der Waals surface area contributed by atoms with Crippen LogP contribution in [0.5, 0.6) is 0 Å². The van der Waals surface area contributed by atoms with Crippen molar-refractivity contribution >= 4 is 0 Å². The summed E-state index contributed by atoms with van der Waals surface area (Å²) in [5, 5.41) is 8.48. The van der Waals surface area contributed by atoms with E-state index in [1.165, 1.54) is 6.42 Å². The van der Waals surface area contributed by atoms with Crippen molar-refractivity contribution in [2.75, 3.05) is 6.61 Å². The Labute approximate surface area is 69.4 Å². The average Bonchev–Trinajstić information content (AvgIpc) is 2.03. The van der Waals surface area contributed by atoms with E-state index < -0.39 is 0 Å². The molecule has 0 saturated heterocycles. The van der Waals surface area contributed by atoms with Gasteiger partial charge in [0.1, 0.15) is 0 Å². The number of rotatable bonds is 6. The van der Waals surface area contributed by atoms with Crippen LogP contribution in [0, 0.1) is 0 Å². The van der Waals surface area contributed by atoms with E-state index in [4.69, 9.17) is 5.11 Å². The molecule has 64 valence electrons. The van der Waals surface area contributed by atoms with Crippen molar-refractivity contribution in [2.24, 2.45) is 0 Å². The van der Waals surface area contributed by atoms with Gasteiger partial charge in [-0.25, -0.2) is 0 Å². The fraction of sp³-hybridized carbons (Fsp3) is 0.600. The first-order chi connectivity index (χ1) is 5.41. The van der Waals surface area contributed by atoms with E-state index in [0.717, 1.165) is 19.3 Å². The maximum absolute atomic E-state index is 8.48. The zero-order valence-electron chi connectivity index (χ0n) is 7.29. The summed E-state index contributed by atoms with van der Waals surface area (Å²) in [6.45, 7) is 2.34. The molecule has 0 aromatic rings. The molecule has 1 heteroatoms. The van der Waals surface area contributed by atoms with Crippen molar-refractivity contribution in [3.8, 4) is 0 Å². The molecule has 0 fully saturated rings. The molecule has 0 spiro atoms. The van der Waals surface area contributed by atoms with Crippen LogP contribution in [0.2, 0.25) is 0 Å². The van der Waals surface area contributed by atoms with E-state index in [1.807, 2.05) is 19.1 Å². The van der Waals surface area contributed by atoms with Crippen LogP contribution in [0.1, 0.15) is 32.6 Å². The van der Waals surface area contributed by atoms with Crippen molar-refractivity contribution in [1.29, 1.82) is 0 Å².